The molecular formula is C21H22ClNO4. The van der Waals surface area contributed by atoms with Crippen molar-refractivity contribution in [2.45, 2.75) is 13.0 Å². The second-order valence-corrected chi connectivity index (χ2v) is 6.30. The first kappa shape index (κ1) is 19.1. The average molecular weight is 388 g/mol. The molecule has 0 spiro atoms. The van der Waals surface area contributed by atoms with Crippen LogP contribution in [0.15, 0.2) is 36.5 Å². The van der Waals surface area contributed by atoms with E-state index in [-0.39, 0.29) is 12.4 Å². The van der Waals surface area contributed by atoms with Gasteiger partial charge in [-0.25, -0.2) is 0 Å². The minimum absolute atomic E-state index is 0. The molecule has 2 aromatic carbocycles. The van der Waals surface area contributed by atoms with Crippen molar-refractivity contribution in [3.8, 4) is 23.0 Å². The van der Waals surface area contributed by atoms with Crippen LogP contribution >= 0.6 is 0 Å². The summed E-state index contributed by atoms with van der Waals surface area (Å²) in [6.45, 7) is 0.745. The van der Waals surface area contributed by atoms with E-state index in [0.717, 1.165) is 41.3 Å². The lowest BCUT2D eigenvalue weighted by molar-refractivity contribution is -0.696. The third kappa shape index (κ3) is 3.02. The summed E-state index contributed by atoms with van der Waals surface area (Å²) < 4.78 is 24.3. The highest BCUT2D eigenvalue weighted by Crippen LogP contribution is 2.38. The highest BCUT2D eigenvalue weighted by molar-refractivity contribution is 5.87. The van der Waals surface area contributed by atoms with E-state index in [0.29, 0.717) is 0 Å². The summed E-state index contributed by atoms with van der Waals surface area (Å²) in [5.74, 6) is 3.07. The number of pyridine rings is 1. The van der Waals surface area contributed by atoms with Gasteiger partial charge in [-0.05, 0) is 29.1 Å². The molecule has 1 aliphatic rings. The van der Waals surface area contributed by atoms with Crippen molar-refractivity contribution in [1.29, 1.82) is 0 Å². The van der Waals surface area contributed by atoms with Crippen LogP contribution in [0.3, 0.4) is 0 Å². The van der Waals surface area contributed by atoms with Crippen LogP contribution in [-0.2, 0) is 13.0 Å². The van der Waals surface area contributed by atoms with E-state index in [1.807, 2.05) is 12.1 Å². The molecule has 6 heteroatoms. The van der Waals surface area contributed by atoms with E-state index in [1.54, 1.807) is 28.4 Å². The summed E-state index contributed by atoms with van der Waals surface area (Å²) in [5, 5.41) is 2.31. The molecule has 0 fully saturated rings. The quantitative estimate of drug-likeness (QED) is 0.466. The van der Waals surface area contributed by atoms with Gasteiger partial charge in [0.1, 0.15) is 0 Å². The summed E-state index contributed by atoms with van der Waals surface area (Å²) in [6.07, 6.45) is 2.94. The molecule has 1 aliphatic heterocycles. The van der Waals surface area contributed by atoms with Crippen molar-refractivity contribution in [1.82, 2.24) is 0 Å². The summed E-state index contributed by atoms with van der Waals surface area (Å²) in [4.78, 5) is 0. The highest BCUT2D eigenvalue weighted by atomic mass is 35.5. The van der Waals surface area contributed by atoms with Crippen molar-refractivity contribution in [2.24, 2.45) is 0 Å². The van der Waals surface area contributed by atoms with Crippen LogP contribution in [0.2, 0.25) is 0 Å². The Hall–Kier alpha value is -2.66. The first-order valence-electron chi connectivity index (χ1n) is 8.50. The number of hydrogen-bond donors (Lipinski definition) is 0. The maximum absolute atomic E-state index is 5.63. The number of fused-ring (bicyclic) bond motifs is 4. The van der Waals surface area contributed by atoms with Gasteiger partial charge in [-0.2, -0.15) is 4.57 Å². The molecule has 1 aromatic heterocycles. The molecular weight excluding hydrogens is 366 g/mol. The zero-order valence-electron chi connectivity index (χ0n) is 15.8. The number of ether oxygens (including phenoxy) is 4. The molecule has 4 rings (SSSR count). The second kappa shape index (κ2) is 7.53. The molecule has 0 saturated carbocycles. The predicted octanol–water partition coefficient (Wildman–Crippen LogP) is 0.118. The van der Waals surface area contributed by atoms with Crippen molar-refractivity contribution >= 4 is 10.8 Å². The van der Waals surface area contributed by atoms with E-state index in [1.165, 1.54) is 22.2 Å². The third-order valence-corrected chi connectivity index (χ3v) is 5.08. The number of nitrogens with zero attached hydrogens (tertiary/aromatic N) is 1. The van der Waals surface area contributed by atoms with Gasteiger partial charge in [0.15, 0.2) is 41.4 Å². The van der Waals surface area contributed by atoms with Gasteiger partial charge < -0.3 is 31.4 Å². The van der Waals surface area contributed by atoms with Gasteiger partial charge in [0.2, 0.25) is 0 Å². The number of hydrogen-bond acceptors (Lipinski definition) is 4. The van der Waals surface area contributed by atoms with Gasteiger partial charge in [-0.3, -0.25) is 0 Å². The van der Waals surface area contributed by atoms with Crippen molar-refractivity contribution in [2.75, 3.05) is 28.4 Å². The van der Waals surface area contributed by atoms with Gasteiger partial charge in [-0.15, -0.1) is 0 Å². The maximum atomic E-state index is 5.63. The minimum Gasteiger partial charge on any atom is -1.00 e. The Bertz CT molecular complexity index is 1000. The molecule has 0 unspecified atom stereocenters. The average Bonchev–Trinajstić information content (AvgIpc) is 2.70. The van der Waals surface area contributed by atoms with Crippen LogP contribution in [-0.4, -0.2) is 28.4 Å². The van der Waals surface area contributed by atoms with Gasteiger partial charge in [0.25, 0.3) is 0 Å². The first-order chi connectivity index (χ1) is 12.7. The third-order valence-electron chi connectivity index (χ3n) is 5.08. The zero-order chi connectivity index (χ0) is 18.3. The fourth-order valence-electron chi connectivity index (χ4n) is 3.76. The molecule has 0 saturated heterocycles. The van der Waals surface area contributed by atoms with Crippen molar-refractivity contribution in [3.63, 3.8) is 0 Å². The molecule has 0 radical (unpaired) electrons. The number of aromatic nitrogens is 1. The Balaban J connectivity index is 0.00000210. The molecule has 2 heterocycles. The minimum atomic E-state index is 0. The molecule has 0 bridgehead atoms. The Morgan fingerprint density at radius 3 is 2.19 bits per heavy atom. The van der Waals surface area contributed by atoms with Gasteiger partial charge in [-0.1, -0.05) is 6.07 Å². The largest absolute Gasteiger partial charge is 1.00 e. The van der Waals surface area contributed by atoms with E-state index in [4.69, 9.17) is 18.9 Å². The SMILES string of the molecule is COc1cc2cc[n+]3c(c2cc1OC)Cc1ccc(OC)c(OC)c1C3.[Cl-]. The molecule has 0 amide bonds. The van der Waals surface area contributed by atoms with Gasteiger partial charge in [0, 0.05) is 6.07 Å². The Morgan fingerprint density at radius 2 is 1.52 bits per heavy atom. The standard InChI is InChI=1S/C21H22NO4.ClH/c1-23-18-6-5-13-9-17-15-11-20(25-3)19(24-2)10-14(15)7-8-22(17)12-16(13)21(18)26-4;/h5-8,10-11H,9,12H2,1-4H3;1H/q+1;/p-1. The smallest absolute Gasteiger partial charge is 0.194 e. The summed E-state index contributed by atoms with van der Waals surface area (Å²) in [6, 6.07) is 10.3. The summed E-state index contributed by atoms with van der Waals surface area (Å²) in [5.41, 5.74) is 3.68. The van der Waals surface area contributed by atoms with E-state index >= 15 is 0 Å². The lowest BCUT2D eigenvalue weighted by Crippen LogP contribution is -3.00. The van der Waals surface area contributed by atoms with Crippen molar-refractivity contribution in [3.05, 3.63) is 53.3 Å². The van der Waals surface area contributed by atoms with E-state index in [9.17, 15) is 0 Å². The molecule has 3 aromatic rings. The van der Waals surface area contributed by atoms with Crippen LogP contribution in [0.4, 0.5) is 0 Å². The molecule has 0 atom stereocenters. The van der Waals surface area contributed by atoms with Crippen LogP contribution in [0.1, 0.15) is 16.8 Å². The van der Waals surface area contributed by atoms with Crippen LogP contribution in [0, 0.1) is 0 Å². The van der Waals surface area contributed by atoms with Gasteiger partial charge in [0.05, 0.1) is 45.8 Å². The zero-order valence-corrected chi connectivity index (χ0v) is 16.6. The van der Waals surface area contributed by atoms with Crippen LogP contribution in [0.25, 0.3) is 10.8 Å². The van der Waals surface area contributed by atoms with E-state index in [2.05, 4.69) is 29.0 Å². The fourth-order valence-corrected chi connectivity index (χ4v) is 3.76. The number of benzene rings is 2. The van der Waals surface area contributed by atoms with Crippen LogP contribution in [0.5, 0.6) is 23.0 Å². The number of methoxy groups -OCH3 is 4. The fraction of sp³-hybridized carbons (Fsp3) is 0.286. The summed E-state index contributed by atoms with van der Waals surface area (Å²) in [7, 11) is 6.68. The number of halogens is 1. The molecule has 142 valence electrons. The Kier molecular flexibility index (Phi) is 5.33. The molecule has 27 heavy (non-hydrogen) atoms. The summed E-state index contributed by atoms with van der Waals surface area (Å²) >= 11 is 0. The van der Waals surface area contributed by atoms with Crippen LogP contribution < -0.4 is 35.9 Å². The molecule has 5 nitrogen and oxygen atoms in total. The van der Waals surface area contributed by atoms with Crippen molar-refractivity contribution < 1.29 is 35.9 Å². The number of rotatable bonds is 4. The predicted molar refractivity (Wildman–Crippen MR) is 98.7 cm³/mol. The lowest BCUT2D eigenvalue weighted by atomic mass is 9.94. The Morgan fingerprint density at radius 1 is 0.815 bits per heavy atom. The van der Waals surface area contributed by atoms with E-state index < -0.39 is 0 Å². The molecule has 0 N–H and O–H groups in total. The monoisotopic (exact) mass is 387 g/mol. The van der Waals surface area contributed by atoms with Gasteiger partial charge >= 0.3 is 0 Å². The lowest BCUT2D eigenvalue weighted by Gasteiger charge is -2.20. The Labute approximate surface area is 164 Å². The maximum Gasteiger partial charge on any atom is 0.194 e. The highest BCUT2D eigenvalue weighted by Gasteiger charge is 2.28. The normalized spacial score (nSPS) is 11.9. The first-order valence-corrected chi connectivity index (χ1v) is 8.50. The second-order valence-electron chi connectivity index (χ2n) is 6.30. The topological polar surface area (TPSA) is 40.8 Å². The molecule has 0 aliphatic carbocycles.